The van der Waals surface area contributed by atoms with Gasteiger partial charge in [-0.3, -0.25) is 0 Å². The molecule has 15 heavy (non-hydrogen) atoms. The number of hydrogen-bond acceptors (Lipinski definition) is 4. The molecule has 0 aliphatic rings. The van der Waals surface area contributed by atoms with Gasteiger partial charge in [-0.25, -0.2) is 8.42 Å². The van der Waals surface area contributed by atoms with Crippen LogP contribution in [0.1, 0.15) is 5.56 Å². The first-order chi connectivity index (χ1) is 6.89. The number of aliphatic hydroxyl groups is 1. The van der Waals surface area contributed by atoms with E-state index in [1.165, 1.54) is 18.2 Å². The average molecular weight is 250 g/mol. The molecule has 0 saturated carbocycles. The Morgan fingerprint density at radius 2 is 2.13 bits per heavy atom. The molecule has 0 amide bonds. The van der Waals surface area contributed by atoms with Gasteiger partial charge in [-0.05, 0) is 30.7 Å². The Kier molecular flexibility index (Phi) is 3.72. The standard InChI is InChI=1S/C9H12ClNO3S/c1-6-4-7(2-3-8(6)10)15(13,14)9(12)5-11/h2-4,9,12H,5,11H2,1H3. The van der Waals surface area contributed by atoms with Crippen molar-refractivity contribution in [2.45, 2.75) is 17.3 Å². The molecule has 1 rings (SSSR count). The molecular formula is C9H12ClNO3S. The summed E-state index contributed by atoms with van der Waals surface area (Å²) in [7, 11) is -3.76. The minimum absolute atomic E-state index is 0.0300. The highest BCUT2D eigenvalue weighted by Crippen LogP contribution is 2.21. The molecule has 0 aromatic heterocycles. The van der Waals surface area contributed by atoms with E-state index in [0.717, 1.165) is 0 Å². The van der Waals surface area contributed by atoms with Gasteiger partial charge >= 0.3 is 0 Å². The van der Waals surface area contributed by atoms with Gasteiger partial charge in [0.15, 0.2) is 5.44 Å². The SMILES string of the molecule is Cc1cc(S(=O)(=O)C(O)CN)ccc1Cl. The van der Waals surface area contributed by atoms with Gasteiger partial charge in [0.1, 0.15) is 0 Å². The summed E-state index contributed by atoms with van der Waals surface area (Å²) in [4.78, 5) is 0.0300. The predicted octanol–water partition coefficient (Wildman–Crippen LogP) is 0.699. The summed E-state index contributed by atoms with van der Waals surface area (Å²) in [6, 6.07) is 4.24. The maximum Gasteiger partial charge on any atom is 0.206 e. The zero-order chi connectivity index (χ0) is 11.6. The molecule has 1 atom stereocenters. The number of sulfone groups is 1. The summed E-state index contributed by atoms with van der Waals surface area (Å²) in [6.07, 6.45) is 0. The van der Waals surface area contributed by atoms with Crippen molar-refractivity contribution in [3.05, 3.63) is 28.8 Å². The van der Waals surface area contributed by atoms with E-state index in [1.54, 1.807) is 6.92 Å². The molecule has 1 unspecified atom stereocenters. The predicted molar refractivity (Wildman–Crippen MR) is 58.4 cm³/mol. The lowest BCUT2D eigenvalue weighted by Crippen LogP contribution is -2.29. The maximum atomic E-state index is 11.7. The van der Waals surface area contributed by atoms with Crippen LogP contribution in [0.4, 0.5) is 0 Å². The summed E-state index contributed by atoms with van der Waals surface area (Å²) >= 11 is 5.76. The van der Waals surface area contributed by atoms with E-state index in [1.807, 2.05) is 0 Å². The average Bonchev–Trinajstić information content (AvgIpc) is 2.20. The van der Waals surface area contributed by atoms with Crippen molar-refractivity contribution in [3.63, 3.8) is 0 Å². The van der Waals surface area contributed by atoms with Gasteiger partial charge in [0.25, 0.3) is 0 Å². The lowest BCUT2D eigenvalue weighted by atomic mass is 10.2. The van der Waals surface area contributed by atoms with Crippen LogP contribution in [0.2, 0.25) is 5.02 Å². The zero-order valence-corrected chi connectivity index (χ0v) is 9.72. The van der Waals surface area contributed by atoms with E-state index < -0.39 is 15.3 Å². The number of aryl methyl sites for hydroxylation is 1. The van der Waals surface area contributed by atoms with Crippen molar-refractivity contribution < 1.29 is 13.5 Å². The fourth-order valence-corrected chi connectivity index (χ4v) is 2.36. The molecule has 0 aliphatic carbocycles. The normalized spacial score (nSPS) is 13.9. The van der Waals surface area contributed by atoms with E-state index in [2.05, 4.69) is 0 Å². The quantitative estimate of drug-likeness (QED) is 0.826. The molecule has 0 aliphatic heterocycles. The van der Waals surface area contributed by atoms with Gasteiger partial charge in [0.2, 0.25) is 9.84 Å². The Bertz CT molecular complexity index is 458. The van der Waals surface area contributed by atoms with Gasteiger partial charge in [-0.1, -0.05) is 11.6 Å². The van der Waals surface area contributed by atoms with Crippen LogP contribution in [0.5, 0.6) is 0 Å². The van der Waals surface area contributed by atoms with E-state index in [9.17, 15) is 13.5 Å². The highest BCUT2D eigenvalue weighted by atomic mass is 35.5. The minimum Gasteiger partial charge on any atom is -0.376 e. The van der Waals surface area contributed by atoms with Crippen LogP contribution in [-0.2, 0) is 9.84 Å². The molecule has 4 nitrogen and oxygen atoms in total. The number of hydrogen-bond donors (Lipinski definition) is 2. The number of rotatable bonds is 3. The highest BCUT2D eigenvalue weighted by molar-refractivity contribution is 7.91. The smallest absolute Gasteiger partial charge is 0.206 e. The van der Waals surface area contributed by atoms with Gasteiger partial charge in [-0.2, -0.15) is 0 Å². The molecular weight excluding hydrogens is 238 g/mol. The van der Waals surface area contributed by atoms with Crippen LogP contribution in [0.3, 0.4) is 0 Å². The van der Waals surface area contributed by atoms with Crippen LogP contribution < -0.4 is 5.73 Å². The molecule has 1 aromatic carbocycles. The Balaban J connectivity index is 3.23. The van der Waals surface area contributed by atoms with Crippen molar-refractivity contribution in [2.75, 3.05) is 6.54 Å². The van der Waals surface area contributed by atoms with Crippen LogP contribution in [0.15, 0.2) is 23.1 Å². The van der Waals surface area contributed by atoms with E-state index >= 15 is 0 Å². The van der Waals surface area contributed by atoms with Crippen molar-refractivity contribution in [1.82, 2.24) is 0 Å². The van der Waals surface area contributed by atoms with Crippen molar-refractivity contribution in [3.8, 4) is 0 Å². The van der Waals surface area contributed by atoms with E-state index in [-0.39, 0.29) is 11.4 Å². The fourth-order valence-electron chi connectivity index (χ4n) is 1.08. The number of benzene rings is 1. The molecule has 84 valence electrons. The summed E-state index contributed by atoms with van der Waals surface area (Å²) in [5, 5.41) is 9.74. The second-order valence-corrected chi connectivity index (χ2v) is 5.66. The number of nitrogens with two attached hydrogens (primary N) is 1. The van der Waals surface area contributed by atoms with Crippen molar-refractivity contribution >= 4 is 21.4 Å². The third-order valence-corrected chi connectivity index (χ3v) is 4.26. The lowest BCUT2D eigenvalue weighted by Gasteiger charge is -2.10. The minimum atomic E-state index is -3.76. The summed E-state index contributed by atoms with van der Waals surface area (Å²) in [6.45, 7) is 1.36. The molecule has 0 bridgehead atoms. The van der Waals surface area contributed by atoms with Gasteiger partial charge in [0.05, 0.1) is 4.90 Å². The Hall–Kier alpha value is -0.620. The summed E-state index contributed by atoms with van der Waals surface area (Å²) < 4.78 is 23.3. The third-order valence-electron chi connectivity index (χ3n) is 2.02. The Morgan fingerprint density at radius 3 is 2.60 bits per heavy atom. The molecule has 3 N–H and O–H groups in total. The number of aliphatic hydroxyl groups excluding tert-OH is 1. The largest absolute Gasteiger partial charge is 0.376 e. The molecule has 1 aromatic rings. The summed E-state index contributed by atoms with van der Waals surface area (Å²) in [5.74, 6) is 0. The Morgan fingerprint density at radius 1 is 1.53 bits per heavy atom. The second-order valence-electron chi connectivity index (χ2n) is 3.15. The highest BCUT2D eigenvalue weighted by Gasteiger charge is 2.23. The number of halogens is 1. The molecule has 0 heterocycles. The molecule has 0 saturated heterocycles. The fraction of sp³-hybridized carbons (Fsp3) is 0.333. The molecule has 6 heteroatoms. The van der Waals surface area contributed by atoms with Crippen LogP contribution in [-0.4, -0.2) is 25.5 Å². The topological polar surface area (TPSA) is 80.4 Å². The maximum absolute atomic E-state index is 11.7. The van der Waals surface area contributed by atoms with Crippen LogP contribution in [0, 0.1) is 6.92 Å². The first-order valence-corrected chi connectivity index (χ1v) is 6.20. The first-order valence-electron chi connectivity index (χ1n) is 4.27. The molecule has 0 spiro atoms. The molecule has 0 fully saturated rings. The lowest BCUT2D eigenvalue weighted by molar-refractivity contribution is 0.256. The summed E-state index contributed by atoms with van der Waals surface area (Å²) in [5.41, 5.74) is 4.18. The zero-order valence-electron chi connectivity index (χ0n) is 8.14. The monoisotopic (exact) mass is 249 g/mol. The van der Waals surface area contributed by atoms with Crippen molar-refractivity contribution in [1.29, 1.82) is 0 Å². The molecule has 0 radical (unpaired) electrons. The van der Waals surface area contributed by atoms with Crippen LogP contribution in [0.25, 0.3) is 0 Å². The Labute approximate surface area is 93.6 Å². The second kappa shape index (κ2) is 4.49. The van der Waals surface area contributed by atoms with Crippen LogP contribution >= 0.6 is 11.6 Å². The van der Waals surface area contributed by atoms with Gasteiger partial charge in [-0.15, -0.1) is 0 Å². The third kappa shape index (κ3) is 2.49. The van der Waals surface area contributed by atoms with Gasteiger partial charge < -0.3 is 10.8 Å². The van der Waals surface area contributed by atoms with Gasteiger partial charge in [0, 0.05) is 11.6 Å². The first kappa shape index (κ1) is 12.4. The van der Waals surface area contributed by atoms with Crippen molar-refractivity contribution in [2.24, 2.45) is 5.73 Å². The van der Waals surface area contributed by atoms with E-state index in [4.69, 9.17) is 17.3 Å². The van der Waals surface area contributed by atoms with E-state index in [0.29, 0.717) is 10.6 Å².